The van der Waals surface area contributed by atoms with Gasteiger partial charge in [0, 0.05) is 23.8 Å². The Labute approximate surface area is 183 Å². The van der Waals surface area contributed by atoms with Crippen LogP contribution in [0.15, 0.2) is 39.2 Å². The zero-order valence-corrected chi connectivity index (χ0v) is 18.9. The first-order valence-corrected chi connectivity index (χ1v) is 10.5. The Hall–Kier alpha value is -2.25. The fraction of sp³-hybridized carbons (Fsp3) is 0.333. The standard InChI is InChI=1S/C21H23BrClN3O3/c1-13-11-16(23)5-7-18(13)28-12-17-6-8-19(29-17)21(27)24-9-4-10-26-15(3)20(22)14(2)25-26/h5-8,11H,4,9-10,12H2,1-3H3,(H,24,27). The van der Waals surface area contributed by atoms with Crippen molar-refractivity contribution >= 4 is 33.4 Å². The van der Waals surface area contributed by atoms with E-state index in [4.69, 9.17) is 20.8 Å². The molecule has 0 aliphatic heterocycles. The molecule has 29 heavy (non-hydrogen) atoms. The molecule has 1 amide bonds. The van der Waals surface area contributed by atoms with Crippen LogP contribution in [-0.2, 0) is 13.2 Å². The fourth-order valence-electron chi connectivity index (χ4n) is 2.91. The number of rotatable bonds is 8. The first-order chi connectivity index (χ1) is 13.8. The molecule has 0 fully saturated rings. The highest BCUT2D eigenvalue weighted by Gasteiger charge is 2.12. The van der Waals surface area contributed by atoms with Gasteiger partial charge in [0.25, 0.3) is 5.91 Å². The predicted molar refractivity (Wildman–Crippen MR) is 116 cm³/mol. The zero-order valence-electron chi connectivity index (χ0n) is 16.6. The molecule has 154 valence electrons. The minimum Gasteiger partial charge on any atom is -0.485 e. The van der Waals surface area contributed by atoms with Gasteiger partial charge in [0.05, 0.1) is 10.2 Å². The molecule has 6 nitrogen and oxygen atoms in total. The Morgan fingerprint density at radius 2 is 2.07 bits per heavy atom. The van der Waals surface area contributed by atoms with Crippen molar-refractivity contribution in [3.63, 3.8) is 0 Å². The van der Waals surface area contributed by atoms with Crippen LogP contribution in [0.3, 0.4) is 0 Å². The van der Waals surface area contributed by atoms with Crippen molar-refractivity contribution in [1.29, 1.82) is 0 Å². The van der Waals surface area contributed by atoms with E-state index in [1.807, 2.05) is 37.6 Å². The van der Waals surface area contributed by atoms with Crippen molar-refractivity contribution in [2.45, 2.75) is 40.3 Å². The second-order valence-corrected chi connectivity index (χ2v) is 8.01. The lowest BCUT2D eigenvalue weighted by Crippen LogP contribution is -2.25. The summed E-state index contributed by atoms with van der Waals surface area (Å²) in [6.45, 7) is 7.40. The maximum Gasteiger partial charge on any atom is 0.286 e. The third-order valence-electron chi connectivity index (χ3n) is 4.52. The van der Waals surface area contributed by atoms with Crippen LogP contribution in [0.5, 0.6) is 5.75 Å². The number of nitrogens with zero attached hydrogens (tertiary/aromatic N) is 2. The predicted octanol–water partition coefficient (Wildman–Crippen LogP) is 5.22. The van der Waals surface area contributed by atoms with Crippen LogP contribution in [0, 0.1) is 20.8 Å². The second-order valence-electron chi connectivity index (χ2n) is 6.78. The van der Waals surface area contributed by atoms with Gasteiger partial charge in [0.1, 0.15) is 18.1 Å². The number of furan rings is 1. The van der Waals surface area contributed by atoms with E-state index >= 15 is 0 Å². The number of carbonyl (C=O) groups excluding carboxylic acids is 1. The van der Waals surface area contributed by atoms with Crippen molar-refractivity contribution in [3.8, 4) is 5.75 Å². The van der Waals surface area contributed by atoms with E-state index < -0.39 is 0 Å². The van der Waals surface area contributed by atoms with Gasteiger partial charge in [-0.05, 0) is 79.0 Å². The lowest BCUT2D eigenvalue weighted by Gasteiger charge is -2.08. The maximum absolute atomic E-state index is 12.3. The van der Waals surface area contributed by atoms with Gasteiger partial charge >= 0.3 is 0 Å². The molecular formula is C21H23BrClN3O3. The third-order valence-corrected chi connectivity index (χ3v) is 5.90. The van der Waals surface area contributed by atoms with E-state index in [2.05, 4.69) is 26.3 Å². The van der Waals surface area contributed by atoms with E-state index in [-0.39, 0.29) is 18.3 Å². The van der Waals surface area contributed by atoms with E-state index in [9.17, 15) is 4.79 Å². The molecule has 3 rings (SSSR count). The third kappa shape index (κ3) is 5.42. The van der Waals surface area contributed by atoms with E-state index in [0.717, 1.165) is 40.1 Å². The molecule has 2 aromatic heterocycles. The van der Waals surface area contributed by atoms with Gasteiger partial charge < -0.3 is 14.5 Å². The van der Waals surface area contributed by atoms with Crippen LogP contribution in [-0.4, -0.2) is 22.2 Å². The first kappa shape index (κ1) is 21.5. The average Bonchev–Trinajstić information content (AvgIpc) is 3.25. The molecule has 0 saturated carbocycles. The zero-order chi connectivity index (χ0) is 21.0. The molecule has 0 unspecified atom stereocenters. The highest BCUT2D eigenvalue weighted by Crippen LogP contribution is 2.23. The number of hydrogen-bond acceptors (Lipinski definition) is 4. The van der Waals surface area contributed by atoms with Crippen LogP contribution < -0.4 is 10.1 Å². The second kappa shape index (κ2) is 9.50. The molecular weight excluding hydrogens is 458 g/mol. The van der Waals surface area contributed by atoms with Crippen molar-refractivity contribution < 1.29 is 13.9 Å². The van der Waals surface area contributed by atoms with E-state index in [1.54, 1.807) is 18.2 Å². The molecule has 0 atom stereocenters. The summed E-state index contributed by atoms with van der Waals surface area (Å²) < 4.78 is 14.3. The van der Waals surface area contributed by atoms with Gasteiger partial charge in [0.15, 0.2) is 5.76 Å². The number of carbonyl (C=O) groups is 1. The molecule has 1 aromatic carbocycles. The summed E-state index contributed by atoms with van der Waals surface area (Å²) in [6, 6.07) is 8.82. The van der Waals surface area contributed by atoms with Crippen LogP contribution in [0.25, 0.3) is 0 Å². The number of benzene rings is 1. The van der Waals surface area contributed by atoms with Gasteiger partial charge in [0.2, 0.25) is 0 Å². The normalized spacial score (nSPS) is 10.9. The maximum atomic E-state index is 12.3. The molecule has 0 saturated heterocycles. The van der Waals surface area contributed by atoms with Crippen molar-refractivity contribution in [2.24, 2.45) is 0 Å². The number of aryl methyl sites for hydroxylation is 3. The van der Waals surface area contributed by atoms with Crippen LogP contribution >= 0.6 is 27.5 Å². The SMILES string of the molecule is Cc1cc(Cl)ccc1OCc1ccc(C(=O)NCCCn2nc(C)c(Br)c2C)o1. The van der Waals surface area contributed by atoms with E-state index in [1.165, 1.54) is 0 Å². The van der Waals surface area contributed by atoms with Gasteiger partial charge in [-0.1, -0.05) is 11.6 Å². The van der Waals surface area contributed by atoms with Crippen molar-refractivity contribution in [1.82, 2.24) is 15.1 Å². The summed E-state index contributed by atoms with van der Waals surface area (Å²) in [4.78, 5) is 12.3. The smallest absolute Gasteiger partial charge is 0.286 e. The molecule has 2 heterocycles. The minimum atomic E-state index is -0.242. The lowest BCUT2D eigenvalue weighted by atomic mass is 10.2. The highest BCUT2D eigenvalue weighted by atomic mass is 79.9. The summed E-state index contributed by atoms with van der Waals surface area (Å²) >= 11 is 9.47. The van der Waals surface area contributed by atoms with Gasteiger partial charge in [-0.2, -0.15) is 5.10 Å². The molecule has 0 spiro atoms. The van der Waals surface area contributed by atoms with Gasteiger partial charge in [-0.15, -0.1) is 0 Å². The summed E-state index contributed by atoms with van der Waals surface area (Å²) in [5.41, 5.74) is 2.99. The topological polar surface area (TPSA) is 69.3 Å². The Bertz CT molecular complexity index is 1010. The molecule has 0 bridgehead atoms. The summed E-state index contributed by atoms with van der Waals surface area (Å²) in [5.74, 6) is 1.34. The molecule has 1 N–H and O–H groups in total. The Balaban J connectivity index is 1.45. The van der Waals surface area contributed by atoms with Gasteiger partial charge in [-0.3, -0.25) is 9.48 Å². The van der Waals surface area contributed by atoms with Crippen molar-refractivity contribution in [3.05, 3.63) is 68.3 Å². The number of nitrogens with one attached hydrogen (secondary N) is 1. The fourth-order valence-corrected chi connectivity index (χ4v) is 3.42. The summed E-state index contributed by atoms with van der Waals surface area (Å²) in [7, 11) is 0. The molecule has 3 aromatic rings. The number of halogens is 2. The molecule has 0 radical (unpaired) electrons. The summed E-state index contributed by atoms with van der Waals surface area (Å²) in [5, 5.41) is 8.00. The largest absolute Gasteiger partial charge is 0.485 e. The van der Waals surface area contributed by atoms with E-state index in [0.29, 0.717) is 17.3 Å². The van der Waals surface area contributed by atoms with Crippen LogP contribution in [0.4, 0.5) is 0 Å². The first-order valence-electron chi connectivity index (χ1n) is 9.30. The van der Waals surface area contributed by atoms with Crippen LogP contribution in [0.2, 0.25) is 5.02 Å². The number of amides is 1. The Kier molecular flexibility index (Phi) is 7.03. The molecule has 8 heteroatoms. The molecule has 0 aliphatic rings. The Morgan fingerprint density at radius 3 is 2.76 bits per heavy atom. The number of aromatic nitrogens is 2. The van der Waals surface area contributed by atoms with Gasteiger partial charge in [-0.25, -0.2) is 0 Å². The Morgan fingerprint density at radius 1 is 1.28 bits per heavy atom. The number of ether oxygens (including phenoxy) is 1. The number of hydrogen-bond donors (Lipinski definition) is 1. The quantitative estimate of drug-likeness (QED) is 0.449. The highest BCUT2D eigenvalue weighted by molar-refractivity contribution is 9.10. The molecule has 0 aliphatic carbocycles. The van der Waals surface area contributed by atoms with Crippen molar-refractivity contribution in [2.75, 3.05) is 6.54 Å². The summed E-state index contributed by atoms with van der Waals surface area (Å²) in [6.07, 6.45) is 0.770. The van der Waals surface area contributed by atoms with Crippen LogP contribution in [0.1, 0.15) is 39.7 Å². The monoisotopic (exact) mass is 479 g/mol. The lowest BCUT2D eigenvalue weighted by molar-refractivity contribution is 0.0920. The minimum absolute atomic E-state index is 0.239. The average molecular weight is 481 g/mol.